The number of carbonyl (C=O) groups excluding carboxylic acids is 1. The van der Waals surface area contributed by atoms with Crippen LogP contribution in [0.5, 0.6) is 0 Å². The Morgan fingerprint density at radius 3 is 2.94 bits per heavy atom. The second kappa shape index (κ2) is 3.77. The Balaban J connectivity index is 2.87. The van der Waals surface area contributed by atoms with Crippen LogP contribution in [0.15, 0.2) is 29.2 Å². The van der Waals surface area contributed by atoms with E-state index in [1.165, 1.54) is 10.5 Å². The largest absolute Gasteiger partial charge is 0.355 e. The smallest absolute Gasteiger partial charge is 0.258 e. The van der Waals surface area contributed by atoms with Crippen molar-refractivity contribution in [1.82, 2.24) is 14.7 Å². The molecule has 0 radical (unpaired) electrons. The van der Waals surface area contributed by atoms with Crippen molar-refractivity contribution in [3.05, 3.63) is 46.0 Å². The predicted octanol–water partition coefficient (Wildman–Crippen LogP) is 0.363. The first-order valence-corrected chi connectivity index (χ1v) is 4.84. The quantitative estimate of drug-likeness (QED) is 0.750. The van der Waals surface area contributed by atoms with Gasteiger partial charge >= 0.3 is 0 Å². The first-order chi connectivity index (χ1) is 7.63. The van der Waals surface area contributed by atoms with Gasteiger partial charge in [-0.3, -0.25) is 14.0 Å². The van der Waals surface area contributed by atoms with Crippen LogP contribution in [0.3, 0.4) is 0 Å². The van der Waals surface area contributed by atoms with Crippen LogP contribution in [0, 0.1) is 6.92 Å². The number of hydrogen-bond donors (Lipinski definition) is 1. The van der Waals surface area contributed by atoms with Gasteiger partial charge in [-0.1, -0.05) is 0 Å². The van der Waals surface area contributed by atoms with Gasteiger partial charge in [0.1, 0.15) is 0 Å². The van der Waals surface area contributed by atoms with E-state index in [2.05, 4.69) is 10.3 Å². The Bertz CT molecular complexity index is 616. The molecule has 0 fully saturated rings. The fourth-order valence-electron chi connectivity index (χ4n) is 1.55. The summed E-state index contributed by atoms with van der Waals surface area (Å²) in [5.41, 5.74) is 1.19. The van der Waals surface area contributed by atoms with Gasteiger partial charge in [-0.25, -0.2) is 4.98 Å². The van der Waals surface area contributed by atoms with Gasteiger partial charge in [0, 0.05) is 25.0 Å². The molecule has 0 spiro atoms. The van der Waals surface area contributed by atoms with Crippen molar-refractivity contribution in [3.8, 4) is 0 Å². The van der Waals surface area contributed by atoms with Crippen LogP contribution in [0.2, 0.25) is 0 Å². The molecule has 82 valence electrons. The highest BCUT2D eigenvalue weighted by Crippen LogP contribution is 2.06. The summed E-state index contributed by atoms with van der Waals surface area (Å²) in [5, 5.41) is 2.52. The van der Waals surface area contributed by atoms with Crippen molar-refractivity contribution >= 4 is 11.6 Å². The topological polar surface area (TPSA) is 63.5 Å². The van der Waals surface area contributed by atoms with E-state index in [0.717, 1.165) is 0 Å². The number of fused-ring (bicyclic) bond motifs is 1. The molecule has 0 aliphatic heterocycles. The lowest BCUT2D eigenvalue weighted by molar-refractivity contribution is 0.0964. The highest BCUT2D eigenvalue weighted by atomic mass is 16.1. The summed E-state index contributed by atoms with van der Waals surface area (Å²) >= 11 is 0. The van der Waals surface area contributed by atoms with Gasteiger partial charge in [-0.05, 0) is 19.1 Å². The summed E-state index contributed by atoms with van der Waals surface area (Å²) < 4.78 is 1.36. The van der Waals surface area contributed by atoms with Crippen molar-refractivity contribution in [2.45, 2.75) is 6.92 Å². The number of carbonyl (C=O) groups is 1. The standard InChI is InChI=1S/C11H11N3O2/c1-7-6-9(15)14-5-3-4-8(10(14)13-7)11(16)12-2/h3-6H,1-2H3,(H,12,16). The summed E-state index contributed by atoms with van der Waals surface area (Å²) in [4.78, 5) is 27.4. The Morgan fingerprint density at radius 2 is 2.25 bits per heavy atom. The molecule has 2 heterocycles. The lowest BCUT2D eigenvalue weighted by Crippen LogP contribution is -2.22. The number of aryl methyl sites for hydroxylation is 1. The van der Waals surface area contributed by atoms with E-state index >= 15 is 0 Å². The summed E-state index contributed by atoms with van der Waals surface area (Å²) in [6, 6.07) is 4.72. The van der Waals surface area contributed by atoms with Gasteiger partial charge in [-0.15, -0.1) is 0 Å². The molecule has 1 amide bonds. The Morgan fingerprint density at radius 1 is 1.50 bits per heavy atom. The van der Waals surface area contributed by atoms with Gasteiger partial charge in [-0.2, -0.15) is 0 Å². The molecule has 0 saturated carbocycles. The van der Waals surface area contributed by atoms with Crippen molar-refractivity contribution in [1.29, 1.82) is 0 Å². The number of nitrogens with one attached hydrogen (secondary N) is 1. The molecule has 0 aliphatic carbocycles. The number of nitrogens with zero attached hydrogens (tertiary/aromatic N) is 2. The summed E-state index contributed by atoms with van der Waals surface area (Å²) in [6.45, 7) is 1.72. The molecular weight excluding hydrogens is 206 g/mol. The van der Waals surface area contributed by atoms with Crippen LogP contribution in [-0.4, -0.2) is 22.3 Å². The van der Waals surface area contributed by atoms with Gasteiger partial charge < -0.3 is 5.32 Å². The average Bonchev–Trinajstić information content (AvgIpc) is 2.27. The molecule has 16 heavy (non-hydrogen) atoms. The third kappa shape index (κ3) is 1.56. The van der Waals surface area contributed by atoms with E-state index in [1.54, 1.807) is 32.3 Å². The molecule has 0 atom stereocenters. The third-order valence-corrected chi connectivity index (χ3v) is 2.29. The number of pyridine rings is 1. The number of rotatable bonds is 1. The molecule has 0 aliphatic rings. The minimum atomic E-state index is -0.254. The Labute approximate surface area is 91.7 Å². The van der Waals surface area contributed by atoms with Crippen LogP contribution in [0.25, 0.3) is 5.65 Å². The number of aromatic nitrogens is 2. The van der Waals surface area contributed by atoms with Crippen LogP contribution in [0.1, 0.15) is 16.1 Å². The molecular formula is C11H11N3O2. The molecule has 1 N–H and O–H groups in total. The molecule has 5 nitrogen and oxygen atoms in total. The van der Waals surface area contributed by atoms with E-state index in [4.69, 9.17) is 0 Å². The van der Waals surface area contributed by atoms with E-state index in [0.29, 0.717) is 16.9 Å². The first kappa shape index (κ1) is 10.4. The van der Waals surface area contributed by atoms with Gasteiger partial charge in [0.05, 0.1) is 5.56 Å². The molecule has 5 heteroatoms. The molecule has 0 bridgehead atoms. The zero-order chi connectivity index (χ0) is 11.7. The normalized spacial score (nSPS) is 10.4. The number of amides is 1. The number of hydrogen-bond acceptors (Lipinski definition) is 3. The van der Waals surface area contributed by atoms with Crippen molar-refractivity contribution < 1.29 is 4.79 Å². The molecule has 2 aromatic heterocycles. The fourth-order valence-corrected chi connectivity index (χ4v) is 1.55. The van der Waals surface area contributed by atoms with Crippen LogP contribution in [-0.2, 0) is 0 Å². The second-order valence-electron chi connectivity index (χ2n) is 3.43. The Kier molecular flexibility index (Phi) is 2.44. The maximum Gasteiger partial charge on any atom is 0.258 e. The molecule has 2 rings (SSSR count). The van der Waals surface area contributed by atoms with Crippen molar-refractivity contribution in [2.75, 3.05) is 7.05 Å². The maximum atomic E-state index is 11.7. The molecule has 0 saturated heterocycles. The van der Waals surface area contributed by atoms with Gasteiger partial charge in [0.15, 0.2) is 5.65 Å². The minimum absolute atomic E-state index is 0.187. The monoisotopic (exact) mass is 217 g/mol. The van der Waals surface area contributed by atoms with E-state index in [-0.39, 0.29) is 11.5 Å². The Hall–Kier alpha value is -2.17. The lowest BCUT2D eigenvalue weighted by Gasteiger charge is -2.05. The minimum Gasteiger partial charge on any atom is -0.355 e. The summed E-state index contributed by atoms with van der Waals surface area (Å²) in [7, 11) is 1.54. The van der Waals surface area contributed by atoms with Crippen molar-refractivity contribution in [2.24, 2.45) is 0 Å². The first-order valence-electron chi connectivity index (χ1n) is 4.84. The zero-order valence-corrected chi connectivity index (χ0v) is 9.02. The van der Waals surface area contributed by atoms with Crippen molar-refractivity contribution in [3.63, 3.8) is 0 Å². The van der Waals surface area contributed by atoms with E-state index in [9.17, 15) is 9.59 Å². The third-order valence-electron chi connectivity index (χ3n) is 2.29. The predicted molar refractivity (Wildman–Crippen MR) is 59.6 cm³/mol. The summed E-state index contributed by atoms with van der Waals surface area (Å²) in [5.74, 6) is -0.254. The lowest BCUT2D eigenvalue weighted by atomic mass is 10.2. The van der Waals surface area contributed by atoms with Gasteiger partial charge in [0.25, 0.3) is 11.5 Å². The van der Waals surface area contributed by atoms with Crippen LogP contribution >= 0.6 is 0 Å². The van der Waals surface area contributed by atoms with E-state index < -0.39 is 0 Å². The second-order valence-corrected chi connectivity index (χ2v) is 3.43. The van der Waals surface area contributed by atoms with Crippen LogP contribution in [0.4, 0.5) is 0 Å². The van der Waals surface area contributed by atoms with E-state index in [1.807, 2.05) is 0 Å². The molecule has 0 aromatic carbocycles. The van der Waals surface area contributed by atoms with Crippen LogP contribution < -0.4 is 10.9 Å². The zero-order valence-electron chi connectivity index (χ0n) is 9.02. The highest BCUT2D eigenvalue weighted by molar-refractivity contribution is 5.99. The summed E-state index contributed by atoms with van der Waals surface area (Å²) in [6.07, 6.45) is 1.59. The average molecular weight is 217 g/mol. The SMILES string of the molecule is CNC(=O)c1cccn2c(=O)cc(C)nc12. The molecule has 2 aromatic rings. The molecule has 0 unspecified atom stereocenters. The maximum absolute atomic E-state index is 11.7. The highest BCUT2D eigenvalue weighted by Gasteiger charge is 2.10. The van der Waals surface area contributed by atoms with Gasteiger partial charge in [0.2, 0.25) is 0 Å². The fraction of sp³-hybridized carbons (Fsp3) is 0.182.